The Morgan fingerprint density at radius 1 is 0.815 bits per heavy atom. The van der Waals surface area contributed by atoms with Crippen molar-refractivity contribution in [2.24, 2.45) is 0 Å². The monoisotopic (exact) mass is 371 g/mol. The van der Waals surface area contributed by atoms with Crippen molar-refractivity contribution < 1.29 is 9.30 Å². The molecule has 150 valence electrons. The third-order valence-electron chi connectivity index (χ3n) is 5.19. The van der Waals surface area contributed by atoms with Crippen LogP contribution >= 0.6 is 0 Å². The fraction of sp³-hybridized carbons (Fsp3) is 0.625. The predicted molar refractivity (Wildman–Crippen MR) is 114 cm³/mol. The Kier molecular flexibility index (Phi) is 10.9. The van der Waals surface area contributed by atoms with Gasteiger partial charge < -0.3 is 4.74 Å². The van der Waals surface area contributed by atoms with Gasteiger partial charge in [0, 0.05) is 6.61 Å². The van der Waals surface area contributed by atoms with Crippen molar-refractivity contribution >= 4 is 0 Å². The second-order valence-corrected chi connectivity index (χ2v) is 7.45. The van der Waals surface area contributed by atoms with Gasteiger partial charge in [0.05, 0.1) is 12.1 Å². The molecule has 0 aliphatic heterocycles. The molecule has 0 aliphatic carbocycles. The molecule has 2 aromatic rings. The van der Waals surface area contributed by atoms with E-state index in [2.05, 4.69) is 58.8 Å². The standard InChI is InChI=1S/C24H39N2O/c1-3-5-6-7-8-9-10-11-12-16-19-25-20-21-26(22-27-4-2)24(25)23-17-14-13-15-18-23/h13-15,17-18,20-21H,3-12,16,19,22H2,1-2H3/q+1. The molecular weight excluding hydrogens is 332 g/mol. The lowest BCUT2D eigenvalue weighted by atomic mass is 10.1. The topological polar surface area (TPSA) is 18.0 Å². The molecule has 0 saturated carbocycles. The lowest BCUT2D eigenvalue weighted by molar-refractivity contribution is -0.722. The molecule has 1 heterocycles. The van der Waals surface area contributed by atoms with E-state index in [0.717, 1.165) is 13.2 Å². The summed E-state index contributed by atoms with van der Waals surface area (Å²) in [4.78, 5) is 0. The lowest BCUT2D eigenvalue weighted by Crippen LogP contribution is -2.36. The summed E-state index contributed by atoms with van der Waals surface area (Å²) in [5, 5.41) is 0. The molecule has 2 rings (SSSR count). The van der Waals surface area contributed by atoms with E-state index >= 15 is 0 Å². The molecule has 1 aromatic carbocycles. The Morgan fingerprint density at radius 3 is 2.07 bits per heavy atom. The summed E-state index contributed by atoms with van der Waals surface area (Å²) < 4.78 is 10.3. The van der Waals surface area contributed by atoms with Crippen LogP contribution in [-0.4, -0.2) is 11.2 Å². The number of ether oxygens (including phenoxy) is 1. The van der Waals surface area contributed by atoms with E-state index in [9.17, 15) is 0 Å². The molecule has 0 bridgehead atoms. The van der Waals surface area contributed by atoms with Crippen molar-refractivity contribution in [3.05, 3.63) is 42.7 Å². The van der Waals surface area contributed by atoms with Crippen LogP contribution in [-0.2, 0) is 18.0 Å². The summed E-state index contributed by atoms with van der Waals surface area (Å²) >= 11 is 0. The highest BCUT2D eigenvalue weighted by Gasteiger charge is 2.18. The number of unbranched alkanes of at least 4 members (excludes halogenated alkanes) is 9. The molecule has 0 aliphatic rings. The molecule has 0 spiro atoms. The molecule has 27 heavy (non-hydrogen) atoms. The van der Waals surface area contributed by atoms with Gasteiger partial charge in [-0.1, -0.05) is 76.5 Å². The number of hydrogen-bond acceptors (Lipinski definition) is 1. The number of imidazole rings is 1. The minimum atomic E-state index is 0.617. The number of aryl methyl sites for hydroxylation is 1. The molecule has 0 radical (unpaired) electrons. The fourth-order valence-electron chi connectivity index (χ4n) is 3.63. The van der Waals surface area contributed by atoms with Gasteiger partial charge in [-0.25, -0.2) is 9.13 Å². The number of benzene rings is 1. The molecular formula is C24H39N2O+. The smallest absolute Gasteiger partial charge is 0.290 e. The van der Waals surface area contributed by atoms with Gasteiger partial charge >= 0.3 is 0 Å². The molecule has 0 N–H and O–H groups in total. The zero-order chi connectivity index (χ0) is 19.2. The average Bonchev–Trinajstić information content (AvgIpc) is 3.11. The maximum Gasteiger partial charge on any atom is 0.290 e. The summed E-state index contributed by atoms with van der Waals surface area (Å²) in [6, 6.07) is 10.7. The first-order chi connectivity index (χ1) is 13.4. The van der Waals surface area contributed by atoms with Crippen molar-refractivity contribution in [2.75, 3.05) is 6.61 Å². The van der Waals surface area contributed by atoms with Crippen molar-refractivity contribution in [3.63, 3.8) is 0 Å². The van der Waals surface area contributed by atoms with Crippen LogP contribution in [0.2, 0.25) is 0 Å². The molecule has 0 amide bonds. The Labute approximate surface area is 166 Å². The van der Waals surface area contributed by atoms with Gasteiger partial charge in [-0.15, -0.1) is 0 Å². The summed E-state index contributed by atoms with van der Waals surface area (Å²) in [5.41, 5.74) is 1.26. The van der Waals surface area contributed by atoms with Crippen LogP contribution in [0, 0.1) is 0 Å². The molecule has 3 heteroatoms. The minimum Gasteiger partial charge on any atom is -0.342 e. The van der Waals surface area contributed by atoms with E-state index in [0.29, 0.717) is 6.73 Å². The Bertz CT molecular complexity index is 606. The van der Waals surface area contributed by atoms with Crippen molar-refractivity contribution in [2.45, 2.75) is 91.3 Å². The highest BCUT2D eigenvalue weighted by atomic mass is 16.5. The van der Waals surface area contributed by atoms with Crippen LogP contribution in [0.5, 0.6) is 0 Å². The van der Waals surface area contributed by atoms with E-state index in [1.165, 1.54) is 75.6 Å². The van der Waals surface area contributed by atoms with E-state index in [1.807, 2.05) is 6.92 Å². The van der Waals surface area contributed by atoms with Crippen molar-refractivity contribution in [3.8, 4) is 11.4 Å². The molecule has 0 unspecified atom stereocenters. The molecule has 0 atom stereocenters. The number of aromatic nitrogens is 2. The van der Waals surface area contributed by atoms with Crippen LogP contribution in [0.3, 0.4) is 0 Å². The molecule has 0 fully saturated rings. The maximum atomic E-state index is 5.65. The first-order valence-electron chi connectivity index (χ1n) is 11.1. The van der Waals surface area contributed by atoms with E-state index in [1.54, 1.807) is 0 Å². The zero-order valence-electron chi connectivity index (χ0n) is 17.5. The quantitative estimate of drug-likeness (QED) is 0.263. The van der Waals surface area contributed by atoms with E-state index < -0.39 is 0 Å². The van der Waals surface area contributed by atoms with Gasteiger partial charge in [-0.05, 0) is 31.9 Å². The zero-order valence-corrected chi connectivity index (χ0v) is 17.5. The Balaban J connectivity index is 1.76. The highest BCUT2D eigenvalue weighted by molar-refractivity contribution is 5.52. The fourth-order valence-corrected chi connectivity index (χ4v) is 3.63. The first-order valence-corrected chi connectivity index (χ1v) is 11.1. The summed E-state index contributed by atoms with van der Waals surface area (Å²) in [5.74, 6) is 1.25. The van der Waals surface area contributed by atoms with E-state index in [-0.39, 0.29) is 0 Å². The van der Waals surface area contributed by atoms with Crippen LogP contribution in [0.25, 0.3) is 11.4 Å². The van der Waals surface area contributed by atoms with Crippen molar-refractivity contribution in [1.29, 1.82) is 0 Å². The Hall–Kier alpha value is -1.61. The third-order valence-corrected chi connectivity index (χ3v) is 5.19. The van der Waals surface area contributed by atoms with Crippen LogP contribution in [0.4, 0.5) is 0 Å². The summed E-state index contributed by atoms with van der Waals surface area (Å²) in [7, 11) is 0. The van der Waals surface area contributed by atoms with Gasteiger partial charge in [-0.3, -0.25) is 0 Å². The van der Waals surface area contributed by atoms with Gasteiger partial charge in [0.2, 0.25) is 0 Å². The van der Waals surface area contributed by atoms with Crippen LogP contribution < -0.4 is 4.57 Å². The molecule has 0 saturated heterocycles. The average molecular weight is 372 g/mol. The Morgan fingerprint density at radius 2 is 1.44 bits per heavy atom. The maximum absolute atomic E-state index is 5.65. The van der Waals surface area contributed by atoms with Crippen LogP contribution in [0.1, 0.15) is 78.1 Å². The number of hydrogen-bond donors (Lipinski definition) is 0. The largest absolute Gasteiger partial charge is 0.342 e. The summed E-state index contributed by atoms with van der Waals surface area (Å²) in [6.07, 6.45) is 18.1. The summed E-state index contributed by atoms with van der Waals surface area (Å²) in [6.45, 7) is 6.77. The molecule has 1 aromatic heterocycles. The van der Waals surface area contributed by atoms with Crippen molar-refractivity contribution in [1.82, 2.24) is 4.57 Å². The molecule has 3 nitrogen and oxygen atoms in total. The third kappa shape index (κ3) is 7.88. The first kappa shape index (κ1) is 21.7. The normalized spacial score (nSPS) is 11.2. The SMILES string of the molecule is CCCCCCCCCCCCn1cc[n+](COCC)c1-c1ccccc1. The van der Waals surface area contributed by atoms with E-state index in [4.69, 9.17) is 4.74 Å². The minimum absolute atomic E-state index is 0.617. The number of nitrogens with zero attached hydrogens (tertiary/aromatic N) is 2. The second-order valence-electron chi connectivity index (χ2n) is 7.45. The number of rotatable bonds is 15. The van der Waals surface area contributed by atoms with Gasteiger partial charge in [0.25, 0.3) is 5.82 Å². The predicted octanol–water partition coefficient (Wildman–Crippen LogP) is 6.36. The van der Waals surface area contributed by atoms with Gasteiger partial charge in [0.1, 0.15) is 12.4 Å². The van der Waals surface area contributed by atoms with Gasteiger partial charge in [-0.2, -0.15) is 0 Å². The lowest BCUT2D eigenvalue weighted by Gasteiger charge is -2.06. The van der Waals surface area contributed by atoms with Crippen LogP contribution in [0.15, 0.2) is 42.7 Å². The highest BCUT2D eigenvalue weighted by Crippen LogP contribution is 2.17. The van der Waals surface area contributed by atoms with Gasteiger partial charge in [0.15, 0.2) is 6.73 Å². The second kappa shape index (κ2) is 13.5.